The highest BCUT2D eigenvalue weighted by atomic mass is 15.2. The summed E-state index contributed by atoms with van der Waals surface area (Å²) in [5, 5.41) is 0. The van der Waals surface area contributed by atoms with Gasteiger partial charge in [0.1, 0.15) is 0 Å². The predicted molar refractivity (Wildman–Crippen MR) is 68.3 cm³/mol. The number of piperidine rings is 1. The first kappa shape index (κ1) is 12.0. The summed E-state index contributed by atoms with van der Waals surface area (Å²) in [7, 11) is 0. The van der Waals surface area contributed by atoms with Crippen LogP contribution in [0.2, 0.25) is 0 Å². The molecule has 0 saturated carbocycles. The molecule has 0 bridgehead atoms. The lowest BCUT2D eigenvalue weighted by Gasteiger charge is -2.53. The molecule has 90 valence electrons. The fourth-order valence-corrected chi connectivity index (χ4v) is 2.92. The Morgan fingerprint density at radius 3 is 2.25 bits per heavy atom. The van der Waals surface area contributed by atoms with E-state index in [1.807, 2.05) is 0 Å². The van der Waals surface area contributed by atoms with Crippen molar-refractivity contribution >= 4 is 0 Å². The van der Waals surface area contributed by atoms with Crippen LogP contribution in [0.4, 0.5) is 0 Å². The molecule has 0 atom stereocenters. The lowest BCUT2D eigenvalue weighted by Crippen LogP contribution is -2.60. The molecule has 0 unspecified atom stereocenters. The highest BCUT2D eigenvalue weighted by molar-refractivity contribution is 5.03. The van der Waals surface area contributed by atoms with Crippen LogP contribution in [0.5, 0.6) is 0 Å². The summed E-state index contributed by atoms with van der Waals surface area (Å²) in [5.41, 5.74) is 0.685. The standard InChI is InChI=1S/C14H24N2/c1-3-5-6-9-16-10-7-14(8-11-16)12-15(4-2)13-14/h3-4,7-13H2,1-2H3. The van der Waals surface area contributed by atoms with Crippen LogP contribution in [0.3, 0.4) is 0 Å². The van der Waals surface area contributed by atoms with E-state index in [9.17, 15) is 0 Å². The molecule has 2 aliphatic heterocycles. The average Bonchev–Trinajstić information content (AvgIpc) is 2.27. The van der Waals surface area contributed by atoms with Gasteiger partial charge in [-0.1, -0.05) is 19.8 Å². The van der Waals surface area contributed by atoms with E-state index in [1.165, 1.54) is 45.6 Å². The van der Waals surface area contributed by atoms with E-state index in [0.717, 1.165) is 13.0 Å². The molecule has 0 radical (unpaired) electrons. The molecule has 2 fully saturated rings. The first-order valence-electron chi connectivity index (χ1n) is 6.68. The Bertz CT molecular complexity index is 271. The maximum absolute atomic E-state index is 3.25. The Hall–Kier alpha value is -0.520. The minimum atomic E-state index is 0.685. The normalized spacial score (nSPS) is 24.9. The highest BCUT2D eigenvalue weighted by Crippen LogP contribution is 2.39. The van der Waals surface area contributed by atoms with Crippen LogP contribution in [0.25, 0.3) is 0 Å². The number of nitrogens with zero attached hydrogens (tertiary/aromatic N) is 2. The van der Waals surface area contributed by atoms with E-state index in [1.54, 1.807) is 0 Å². The van der Waals surface area contributed by atoms with Crippen LogP contribution < -0.4 is 0 Å². The van der Waals surface area contributed by atoms with Crippen molar-refractivity contribution < 1.29 is 0 Å². The molecular weight excluding hydrogens is 196 g/mol. The van der Waals surface area contributed by atoms with E-state index < -0.39 is 0 Å². The molecule has 0 aromatic carbocycles. The van der Waals surface area contributed by atoms with Gasteiger partial charge in [-0.2, -0.15) is 0 Å². The molecule has 0 aromatic rings. The lowest BCUT2D eigenvalue weighted by molar-refractivity contribution is -0.0411. The topological polar surface area (TPSA) is 6.48 Å². The average molecular weight is 220 g/mol. The molecule has 2 nitrogen and oxygen atoms in total. The molecule has 1 spiro atoms. The van der Waals surface area contributed by atoms with Crippen molar-refractivity contribution in [2.24, 2.45) is 5.41 Å². The fraction of sp³-hybridized carbons (Fsp3) is 0.857. The number of rotatable bonds is 2. The number of likely N-dealkylation sites (tertiary alicyclic amines) is 2. The van der Waals surface area contributed by atoms with Gasteiger partial charge in [0, 0.05) is 19.5 Å². The summed E-state index contributed by atoms with van der Waals surface area (Å²) in [6, 6.07) is 0. The molecule has 2 rings (SSSR count). The Morgan fingerprint density at radius 1 is 1.00 bits per heavy atom. The first-order valence-corrected chi connectivity index (χ1v) is 6.68. The first-order chi connectivity index (χ1) is 7.78. The SMILES string of the molecule is CCC#CCN1CCC2(CC1)CN(CC)C2. The fourth-order valence-electron chi connectivity index (χ4n) is 2.92. The monoisotopic (exact) mass is 220 g/mol. The van der Waals surface area contributed by atoms with Gasteiger partial charge >= 0.3 is 0 Å². The zero-order valence-corrected chi connectivity index (χ0v) is 10.8. The third-order valence-electron chi connectivity index (χ3n) is 4.09. The number of hydrogen-bond donors (Lipinski definition) is 0. The van der Waals surface area contributed by atoms with E-state index >= 15 is 0 Å². The largest absolute Gasteiger partial charge is 0.302 e. The maximum atomic E-state index is 3.25. The second kappa shape index (κ2) is 5.21. The van der Waals surface area contributed by atoms with Crippen molar-refractivity contribution in [2.45, 2.75) is 33.1 Å². The van der Waals surface area contributed by atoms with Crippen LogP contribution in [0.15, 0.2) is 0 Å². The molecule has 2 heterocycles. The third kappa shape index (κ3) is 2.59. The summed E-state index contributed by atoms with van der Waals surface area (Å²) in [6.45, 7) is 11.8. The van der Waals surface area contributed by atoms with Gasteiger partial charge in [0.2, 0.25) is 0 Å². The Kier molecular flexibility index (Phi) is 3.89. The molecular formula is C14H24N2. The van der Waals surface area contributed by atoms with Crippen molar-refractivity contribution in [3.8, 4) is 11.8 Å². The molecule has 2 saturated heterocycles. The maximum Gasteiger partial charge on any atom is 0.0601 e. The predicted octanol–water partition coefficient (Wildman–Crippen LogP) is 1.82. The third-order valence-corrected chi connectivity index (χ3v) is 4.09. The van der Waals surface area contributed by atoms with Crippen LogP contribution in [-0.4, -0.2) is 49.1 Å². The second-order valence-electron chi connectivity index (χ2n) is 5.29. The second-order valence-corrected chi connectivity index (χ2v) is 5.29. The summed E-state index contributed by atoms with van der Waals surface area (Å²) in [5.74, 6) is 6.41. The molecule has 2 aliphatic rings. The Morgan fingerprint density at radius 2 is 1.69 bits per heavy atom. The summed E-state index contributed by atoms with van der Waals surface area (Å²) in [6.07, 6.45) is 3.76. The number of hydrogen-bond acceptors (Lipinski definition) is 2. The molecule has 0 amide bonds. The molecule has 16 heavy (non-hydrogen) atoms. The smallest absolute Gasteiger partial charge is 0.0601 e. The van der Waals surface area contributed by atoms with Crippen LogP contribution in [0, 0.1) is 17.3 Å². The van der Waals surface area contributed by atoms with E-state index in [4.69, 9.17) is 0 Å². The quantitative estimate of drug-likeness (QED) is 0.655. The van der Waals surface area contributed by atoms with Crippen molar-refractivity contribution in [2.75, 3.05) is 39.3 Å². The van der Waals surface area contributed by atoms with E-state index in [0.29, 0.717) is 5.41 Å². The van der Waals surface area contributed by atoms with Crippen molar-refractivity contribution in [1.82, 2.24) is 9.80 Å². The van der Waals surface area contributed by atoms with Gasteiger partial charge in [0.15, 0.2) is 0 Å². The summed E-state index contributed by atoms with van der Waals surface area (Å²) in [4.78, 5) is 5.08. The van der Waals surface area contributed by atoms with Crippen LogP contribution in [-0.2, 0) is 0 Å². The van der Waals surface area contributed by atoms with Crippen LogP contribution in [0.1, 0.15) is 33.1 Å². The minimum absolute atomic E-state index is 0.685. The van der Waals surface area contributed by atoms with Gasteiger partial charge < -0.3 is 4.90 Å². The Labute approximate surface area is 100.0 Å². The van der Waals surface area contributed by atoms with Gasteiger partial charge in [0.25, 0.3) is 0 Å². The summed E-state index contributed by atoms with van der Waals surface area (Å²) < 4.78 is 0. The molecule has 0 N–H and O–H groups in total. The van der Waals surface area contributed by atoms with Gasteiger partial charge in [-0.3, -0.25) is 4.90 Å². The zero-order chi connectivity index (χ0) is 11.4. The van der Waals surface area contributed by atoms with Crippen molar-refractivity contribution in [1.29, 1.82) is 0 Å². The van der Waals surface area contributed by atoms with Crippen LogP contribution >= 0.6 is 0 Å². The van der Waals surface area contributed by atoms with Gasteiger partial charge in [-0.05, 0) is 37.9 Å². The molecule has 0 aromatic heterocycles. The van der Waals surface area contributed by atoms with Crippen molar-refractivity contribution in [3.05, 3.63) is 0 Å². The van der Waals surface area contributed by atoms with Gasteiger partial charge in [0.05, 0.1) is 6.54 Å². The minimum Gasteiger partial charge on any atom is -0.302 e. The Balaban J connectivity index is 1.71. The molecule has 2 heteroatoms. The lowest BCUT2D eigenvalue weighted by atomic mass is 9.72. The highest BCUT2D eigenvalue weighted by Gasteiger charge is 2.43. The van der Waals surface area contributed by atoms with Gasteiger partial charge in [-0.25, -0.2) is 0 Å². The van der Waals surface area contributed by atoms with E-state index in [-0.39, 0.29) is 0 Å². The van der Waals surface area contributed by atoms with E-state index in [2.05, 4.69) is 35.5 Å². The van der Waals surface area contributed by atoms with Gasteiger partial charge in [-0.15, -0.1) is 5.92 Å². The summed E-state index contributed by atoms with van der Waals surface area (Å²) >= 11 is 0. The van der Waals surface area contributed by atoms with Crippen molar-refractivity contribution in [3.63, 3.8) is 0 Å². The zero-order valence-electron chi connectivity index (χ0n) is 10.8. The molecule has 0 aliphatic carbocycles.